The molecule has 8 heteroatoms. The molecule has 1 aliphatic heterocycles. The zero-order valence-corrected chi connectivity index (χ0v) is 18.6. The summed E-state index contributed by atoms with van der Waals surface area (Å²) in [6.45, 7) is 0.940. The van der Waals surface area contributed by atoms with Crippen LogP contribution in [-0.2, 0) is 0 Å². The van der Waals surface area contributed by atoms with E-state index in [1.165, 1.54) is 16.3 Å². The molecule has 33 heavy (non-hydrogen) atoms. The third-order valence-electron chi connectivity index (χ3n) is 5.27. The molecule has 2 heterocycles. The number of carbonyl (C=O) groups excluding carboxylic acids is 1. The summed E-state index contributed by atoms with van der Waals surface area (Å²) in [5.41, 5.74) is 1.43. The third kappa shape index (κ3) is 4.05. The Balaban J connectivity index is 1.52. The van der Waals surface area contributed by atoms with Gasteiger partial charge in [-0.15, -0.1) is 0 Å². The molecule has 1 aliphatic rings. The van der Waals surface area contributed by atoms with Crippen LogP contribution in [0.25, 0.3) is 16.6 Å². The van der Waals surface area contributed by atoms with E-state index in [-0.39, 0.29) is 17.1 Å². The van der Waals surface area contributed by atoms with E-state index in [1.807, 2.05) is 18.2 Å². The number of carbonyl (C=O) groups is 1. The highest BCUT2D eigenvalue weighted by molar-refractivity contribution is 7.99. The fourth-order valence-electron chi connectivity index (χ4n) is 3.67. The molecule has 0 N–H and O–H groups in total. The average molecular weight is 461 g/mol. The van der Waals surface area contributed by atoms with E-state index in [4.69, 9.17) is 19.2 Å². The molecule has 4 aromatic rings. The first-order chi connectivity index (χ1) is 16.2. The Labute approximate surface area is 193 Å². The van der Waals surface area contributed by atoms with Gasteiger partial charge in [0, 0.05) is 5.56 Å². The highest BCUT2D eigenvalue weighted by Gasteiger charge is 2.19. The van der Waals surface area contributed by atoms with Crippen molar-refractivity contribution in [3.05, 3.63) is 82.6 Å². The highest BCUT2D eigenvalue weighted by atomic mass is 32.2. The lowest BCUT2D eigenvalue weighted by molar-refractivity contribution is 0.102. The quantitative estimate of drug-likeness (QED) is 0.243. The minimum Gasteiger partial charge on any atom is -0.495 e. The molecule has 0 fully saturated rings. The fourth-order valence-corrected chi connectivity index (χ4v) is 4.57. The number of methoxy groups -OCH3 is 1. The molecule has 0 spiro atoms. The van der Waals surface area contributed by atoms with Crippen LogP contribution in [0.1, 0.15) is 10.4 Å². The molecule has 0 saturated heterocycles. The molecule has 0 radical (unpaired) electrons. The van der Waals surface area contributed by atoms with Gasteiger partial charge in [0.25, 0.3) is 5.56 Å². The van der Waals surface area contributed by atoms with Crippen LogP contribution in [-0.4, -0.2) is 41.4 Å². The molecule has 0 bridgehead atoms. The zero-order valence-electron chi connectivity index (χ0n) is 17.8. The van der Waals surface area contributed by atoms with Crippen molar-refractivity contribution < 1.29 is 19.0 Å². The third-order valence-corrected chi connectivity index (χ3v) is 6.21. The predicted octanol–water partition coefficient (Wildman–Crippen LogP) is 4.14. The van der Waals surface area contributed by atoms with E-state index < -0.39 is 0 Å². The lowest BCUT2D eigenvalue weighted by Crippen LogP contribution is -2.22. The number of hydrogen-bond donors (Lipinski definition) is 0. The summed E-state index contributed by atoms with van der Waals surface area (Å²) in [4.78, 5) is 31.1. The van der Waals surface area contributed by atoms with Gasteiger partial charge in [-0.05, 0) is 42.5 Å². The Morgan fingerprint density at radius 3 is 2.64 bits per heavy atom. The van der Waals surface area contributed by atoms with Crippen LogP contribution < -0.4 is 19.8 Å². The largest absolute Gasteiger partial charge is 0.495 e. The maximum Gasteiger partial charge on any atom is 0.266 e. The summed E-state index contributed by atoms with van der Waals surface area (Å²) >= 11 is 1.21. The van der Waals surface area contributed by atoms with Gasteiger partial charge in [-0.3, -0.25) is 14.2 Å². The summed E-state index contributed by atoms with van der Waals surface area (Å²) in [5, 5.41) is 0.903. The maximum absolute atomic E-state index is 13.4. The van der Waals surface area contributed by atoms with Crippen LogP contribution in [0.15, 0.2) is 76.7 Å². The molecule has 0 unspecified atom stereocenters. The number of ketones is 1. The molecule has 166 valence electrons. The zero-order chi connectivity index (χ0) is 22.8. The first-order valence-electron chi connectivity index (χ1n) is 10.4. The average Bonchev–Trinajstić information content (AvgIpc) is 2.87. The van der Waals surface area contributed by atoms with Crippen molar-refractivity contribution in [1.29, 1.82) is 0 Å². The number of ether oxygens (including phenoxy) is 3. The minimum absolute atomic E-state index is 0.0968. The summed E-state index contributed by atoms with van der Waals surface area (Å²) in [7, 11) is 1.55. The van der Waals surface area contributed by atoms with E-state index in [1.54, 1.807) is 55.6 Å². The molecular weight excluding hydrogens is 440 g/mol. The Bertz CT molecular complexity index is 1420. The minimum atomic E-state index is -0.223. The molecule has 5 rings (SSSR count). The van der Waals surface area contributed by atoms with Gasteiger partial charge in [-0.25, -0.2) is 4.98 Å². The first-order valence-corrected chi connectivity index (χ1v) is 11.3. The van der Waals surface area contributed by atoms with Crippen LogP contribution in [0.2, 0.25) is 0 Å². The molecule has 7 nitrogen and oxygen atoms in total. The number of para-hydroxylation sites is 3. The van der Waals surface area contributed by atoms with Crippen LogP contribution in [0.5, 0.6) is 17.2 Å². The van der Waals surface area contributed by atoms with Crippen molar-refractivity contribution in [1.82, 2.24) is 9.55 Å². The van der Waals surface area contributed by atoms with Gasteiger partial charge in [0.1, 0.15) is 19.0 Å². The molecule has 0 atom stereocenters. The van der Waals surface area contributed by atoms with Crippen molar-refractivity contribution >= 4 is 28.4 Å². The summed E-state index contributed by atoms with van der Waals surface area (Å²) in [6.07, 6.45) is 0. The van der Waals surface area contributed by atoms with E-state index in [0.717, 1.165) is 0 Å². The van der Waals surface area contributed by atoms with Crippen LogP contribution in [0.4, 0.5) is 0 Å². The van der Waals surface area contributed by atoms with E-state index in [0.29, 0.717) is 57.8 Å². The monoisotopic (exact) mass is 460 g/mol. The lowest BCUT2D eigenvalue weighted by Gasteiger charge is -2.18. The summed E-state index contributed by atoms with van der Waals surface area (Å²) < 4.78 is 18.1. The summed E-state index contributed by atoms with van der Waals surface area (Å²) in [5.74, 6) is 1.72. The van der Waals surface area contributed by atoms with E-state index in [9.17, 15) is 9.59 Å². The molecule has 1 aromatic heterocycles. The Kier molecular flexibility index (Phi) is 5.75. The Morgan fingerprint density at radius 1 is 1.03 bits per heavy atom. The number of thioether (sulfide) groups is 1. The second kappa shape index (κ2) is 8.99. The predicted molar refractivity (Wildman–Crippen MR) is 126 cm³/mol. The van der Waals surface area contributed by atoms with Gasteiger partial charge in [-0.2, -0.15) is 0 Å². The van der Waals surface area contributed by atoms with Crippen LogP contribution in [0.3, 0.4) is 0 Å². The SMILES string of the molecule is COc1ccccc1-n1c(SCC(=O)c2ccc3c(c2)OCCO3)nc2ccccc2c1=O. The Hall–Kier alpha value is -3.78. The van der Waals surface area contributed by atoms with Gasteiger partial charge in [-0.1, -0.05) is 36.0 Å². The standard InChI is InChI=1S/C25H20N2O5S/c1-30-21-9-5-4-8-19(21)27-24(29)17-6-2-3-7-18(17)26-25(27)33-15-20(28)16-10-11-22-23(14-16)32-13-12-31-22/h2-11,14H,12-13,15H2,1H3. The lowest BCUT2D eigenvalue weighted by atomic mass is 10.1. The van der Waals surface area contributed by atoms with Crippen LogP contribution in [0, 0.1) is 0 Å². The number of benzene rings is 3. The number of aromatic nitrogens is 2. The molecule has 0 amide bonds. The smallest absolute Gasteiger partial charge is 0.266 e. The molecule has 0 aliphatic carbocycles. The van der Waals surface area contributed by atoms with E-state index in [2.05, 4.69) is 0 Å². The first kappa shape index (κ1) is 21.1. The van der Waals surface area contributed by atoms with Gasteiger partial charge in [0.05, 0.1) is 29.5 Å². The topological polar surface area (TPSA) is 79.7 Å². The van der Waals surface area contributed by atoms with Gasteiger partial charge in [0.15, 0.2) is 22.4 Å². The molecular formula is C25H20N2O5S. The van der Waals surface area contributed by atoms with Crippen LogP contribution >= 0.6 is 11.8 Å². The number of Topliss-reactive ketones (excluding diaryl/α,β-unsaturated/α-hetero) is 1. The van der Waals surface area contributed by atoms with Crippen molar-refractivity contribution in [3.63, 3.8) is 0 Å². The number of hydrogen-bond acceptors (Lipinski definition) is 7. The number of rotatable bonds is 6. The van der Waals surface area contributed by atoms with Gasteiger partial charge in [0.2, 0.25) is 0 Å². The maximum atomic E-state index is 13.4. The summed E-state index contributed by atoms with van der Waals surface area (Å²) in [6, 6.07) is 19.6. The van der Waals surface area contributed by atoms with Crippen molar-refractivity contribution in [2.75, 3.05) is 26.1 Å². The second-order valence-corrected chi connectivity index (χ2v) is 8.24. The number of nitrogens with zero attached hydrogens (tertiary/aromatic N) is 2. The molecule has 3 aromatic carbocycles. The highest BCUT2D eigenvalue weighted by Crippen LogP contribution is 2.32. The van der Waals surface area contributed by atoms with Crippen molar-refractivity contribution in [2.24, 2.45) is 0 Å². The fraction of sp³-hybridized carbons (Fsp3) is 0.160. The van der Waals surface area contributed by atoms with Crippen molar-refractivity contribution in [2.45, 2.75) is 5.16 Å². The Morgan fingerprint density at radius 2 is 1.79 bits per heavy atom. The molecule has 0 saturated carbocycles. The van der Waals surface area contributed by atoms with Gasteiger partial charge < -0.3 is 14.2 Å². The van der Waals surface area contributed by atoms with Gasteiger partial charge >= 0.3 is 0 Å². The number of fused-ring (bicyclic) bond motifs is 2. The second-order valence-electron chi connectivity index (χ2n) is 7.29. The van der Waals surface area contributed by atoms with E-state index >= 15 is 0 Å². The van der Waals surface area contributed by atoms with Crippen molar-refractivity contribution in [3.8, 4) is 22.9 Å². The normalized spacial score (nSPS) is 12.5.